The van der Waals surface area contributed by atoms with E-state index < -0.39 is 37.7 Å². The summed E-state index contributed by atoms with van der Waals surface area (Å²) in [6.45, 7) is 6.20. The first-order valence-electron chi connectivity index (χ1n) is 23.9. The number of fused-ring (bicyclic) bond motifs is 1. The minimum absolute atomic E-state index is 0.0627. The Labute approximate surface area is 375 Å². The van der Waals surface area contributed by atoms with Gasteiger partial charge in [0.25, 0.3) is 0 Å². The van der Waals surface area contributed by atoms with Gasteiger partial charge in [0.2, 0.25) is 0 Å². The number of nitrogen functional groups attached to an aromatic ring is 1. The third kappa shape index (κ3) is 17.2. The van der Waals surface area contributed by atoms with Crippen molar-refractivity contribution >= 4 is 30.7 Å². The molecule has 1 fully saturated rings. The second-order valence-electron chi connectivity index (χ2n) is 17.6. The molecule has 3 heterocycles. The summed E-state index contributed by atoms with van der Waals surface area (Å²) in [7, 11) is -4.28. The third-order valence-electron chi connectivity index (χ3n) is 12.0. The summed E-state index contributed by atoms with van der Waals surface area (Å²) in [5, 5.41) is 3.05. The van der Waals surface area contributed by atoms with Gasteiger partial charge in [0, 0.05) is 0 Å². The van der Waals surface area contributed by atoms with Crippen LogP contribution in [0, 0.1) is 6.08 Å². The van der Waals surface area contributed by atoms with Crippen LogP contribution in [0.2, 0.25) is 0 Å². The molecule has 2 aromatic heterocycles. The molecule has 1 aliphatic heterocycles. The van der Waals surface area contributed by atoms with E-state index in [1.54, 1.807) is 28.8 Å². The van der Waals surface area contributed by atoms with Crippen molar-refractivity contribution in [1.29, 1.82) is 0 Å². The maximum absolute atomic E-state index is 15.0. The number of carbonyl (C=O) groups excluding carboxylic acids is 1. The lowest BCUT2D eigenvalue weighted by Gasteiger charge is -2.30. The van der Waals surface area contributed by atoms with Gasteiger partial charge in [0.15, 0.2) is 17.0 Å². The van der Waals surface area contributed by atoms with E-state index in [-0.39, 0.29) is 36.1 Å². The average Bonchev–Trinajstić information content (AvgIpc) is 3.88. The van der Waals surface area contributed by atoms with Gasteiger partial charge in [-0.25, -0.2) is 9.55 Å². The van der Waals surface area contributed by atoms with Gasteiger partial charge in [-0.1, -0.05) is 165 Å². The summed E-state index contributed by atoms with van der Waals surface area (Å²) in [6, 6.07) is 17.3. The maximum Gasteiger partial charge on any atom is 0.459 e. The van der Waals surface area contributed by atoms with Crippen molar-refractivity contribution in [3.8, 4) is 5.75 Å². The molecule has 4 aromatic rings. The summed E-state index contributed by atoms with van der Waals surface area (Å²) in [5.74, 6) is -0.235. The van der Waals surface area contributed by atoms with Crippen LogP contribution in [-0.2, 0) is 29.8 Å². The number of halogens is 1. The Morgan fingerprint density at radius 1 is 0.857 bits per heavy atom. The summed E-state index contributed by atoms with van der Waals surface area (Å²) in [6.07, 6.45) is 24.4. The number of para-hydroxylation sites is 1. The van der Waals surface area contributed by atoms with Crippen molar-refractivity contribution in [2.75, 3.05) is 12.3 Å². The SMILES string of the molecule is CCCCCCCCCCCC(CCCCCCCCCCC)OC(=O)[C@H](Cc1ccccc1)NP(=O)(OC[C@]1(C)CC[C@H](n2cnc3c(N)nc(F)nc32)O1)Oc1ccccc1. The number of rotatable bonds is 32. The van der Waals surface area contributed by atoms with Gasteiger partial charge >= 0.3 is 19.8 Å². The lowest BCUT2D eigenvalue weighted by Crippen LogP contribution is -2.42. The van der Waals surface area contributed by atoms with Gasteiger partial charge in [0.1, 0.15) is 24.1 Å². The van der Waals surface area contributed by atoms with E-state index in [1.807, 2.05) is 43.3 Å². The maximum atomic E-state index is 15.0. The van der Waals surface area contributed by atoms with Crippen LogP contribution in [0.5, 0.6) is 5.75 Å². The first-order chi connectivity index (χ1) is 30.6. The molecule has 0 aliphatic carbocycles. The van der Waals surface area contributed by atoms with Gasteiger partial charge in [-0.15, -0.1) is 0 Å². The molecule has 1 unspecified atom stereocenters. The highest BCUT2D eigenvalue weighted by atomic mass is 31.2. The number of ether oxygens (including phenoxy) is 2. The Morgan fingerprint density at radius 2 is 1.41 bits per heavy atom. The Hall–Kier alpha value is -3.90. The normalized spacial score (nSPS) is 17.9. The van der Waals surface area contributed by atoms with E-state index >= 15 is 4.57 Å². The standard InChI is InChI=1S/C49H74FN6O6P/c1-4-6-8-10-12-14-16-18-24-30-40(31-25-19-17-15-13-11-9-7-5-2)60-47(57)42(36-39-28-22-20-23-29-39)55-63(58,62-41-32-26-21-27-33-41)59-37-49(3)35-34-43(61-49)56-38-52-44-45(51)53-48(50)54-46(44)56/h20-23,26-29,32-33,38,40,42-43H,4-19,24-25,30-31,34-37H2,1-3H3,(H,55,58)(H2,51,53,54)/t42-,43+,49-,63?/m0/s1. The van der Waals surface area contributed by atoms with Crippen LogP contribution in [0.25, 0.3) is 11.2 Å². The number of imidazole rings is 1. The largest absolute Gasteiger partial charge is 0.461 e. The zero-order valence-corrected chi connectivity index (χ0v) is 39.1. The smallest absolute Gasteiger partial charge is 0.459 e. The number of hydrogen-bond acceptors (Lipinski definition) is 10. The van der Waals surface area contributed by atoms with Crippen LogP contribution < -0.4 is 15.3 Å². The van der Waals surface area contributed by atoms with Crippen molar-refractivity contribution in [3.63, 3.8) is 0 Å². The zero-order valence-electron chi connectivity index (χ0n) is 38.2. The van der Waals surface area contributed by atoms with Crippen LogP contribution >= 0.6 is 7.75 Å². The minimum Gasteiger partial charge on any atom is -0.461 e. The summed E-state index contributed by atoms with van der Waals surface area (Å²) < 4.78 is 56.1. The Kier molecular flexibility index (Phi) is 21.3. The van der Waals surface area contributed by atoms with Gasteiger partial charge in [-0.2, -0.15) is 19.4 Å². The van der Waals surface area contributed by atoms with Gasteiger partial charge < -0.3 is 19.7 Å². The van der Waals surface area contributed by atoms with Crippen LogP contribution in [0.1, 0.15) is 174 Å². The predicted octanol–water partition coefficient (Wildman–Crippen LogP) is 12.8. The number of nitrogens with one attached hydrogen (secondary N) is 1. The predicted molar refractivity (Wildman–Crippen MR) is 249 cm³/mol. The van der Waals surface area contributed by atoms with Crippen molar-refractivity contribution in [2.45, 2.75) is 192 Å². The molecular weight excluding hydrogens is 819 g/mol. The van der Waals surface area contributed by atoms with E-state index in [0.717, 1.165) is 44.1 Å². The highest BCUT2D eigenvalue weighted by molar-refractivity contribution is 7.52. The quantitative estimate of drug-likeness (QED) is 0.0208. The van der Waals surface area contributed by atoms with Crippen LogP contribution in [0.3, 0.4) is 0 Å². The van der Waals surface area contributed by atoms with Gasteiger partial charge in [-0.3, -0.25) is 13.9 Å². The molecule has 63 heavy (non-hydrogen) atoms. The molecular formula is C49H74FN6O6P. The number of unbranched alkanes of at least 4 members (excludes halogenated alkanes) is 16. The van der Waals surface area contributed by atoms with Gasteiger partial charge in [0.05, 0.1) is 18.5 Å². The van der Waals surface area contributed by atoms with E-state index in [1.165, 1.54) is 96.2 Å². The molecule has 12 nitrogen and oxygen atoms in total. The van der Waals surface area contributed by atoms with E-state index in [9.17, 15) is 9.18 Å². The molecule has 2 aromatic carbocycles. The molecule has 5 rings (SSSR count). The highest BCUT2D eigenvalue weighted by Crippen LogP contribution is 2.48. The number of benzene rings is 2. The summed E-state index contributed by atoms with van der Waals surface area (Å²) in [5.41, 5.74) is 6.32. The lowest BCUT2D eigenvalue weighted by molar-refractivity contribution is -0.152. The lowest BCUT2D eigenvalue weighted by atomic mass is 10.0. The van der Waals surface area contributed by atoms with Crippen LogP contribution in [0.4, 0.5) is 10.2 Å². The number of nitrogens with two attached hydrogens (primary N) is 1. The molecule has 1 aliphatic rings. The second kappa shape index (κ2) is 26.8. The fourth-order valence-electron chi connectivity index (χ4n) is 8.33. The van der Waals surface area contributed by atoms with Crippen molar-refractivity contribution in [2.24, 2.45) is 0 Å². The number of esters is 1. The molecule has 14 heteroatoms. The summed E-state index contributed by atoms with van der Waals surface area (Å²) in [4.78, 5) is 26.2. The molecule has 0 amide bonds. The number of anilines is 1. The number of nitrogens with zero attached hydrogens (tertiary/aromatic N) is 4. The first-order valence-corrected chi connectivity index (χ1v) is 25.5. The monoisotopic (exact) mass is 893 g/mol. The van der Waals surface area contributed by atoms with Crippen molar-refractivity contribution in [1.82, 2.24) is 24.6 Å². The van der Waals surface area contributed by atoms with E-state index in [0.29, 0.717) is 18.6 Å². The minimum atomic E-state index is -4.28. The Bertz CT molecular complexity index is 1930. The summed E-state index contributed by atoms with van der Waals surface area (Å²) >= 11 is 0. The molecule has 4 atom stereocenters. The topological polar surface area (TPSA) is 153 Å². The molecule has 348 valence electrons. The number of hydrogen-bond donors (Lipinski definition) is 2. The van der Waals surface area contributed by atoms with Crippen molar-refractivity contribution < 1.29 is 32.3 Å². The highest BCUT2D eigenvalue weighted by Gasteiger charge is 2.42. The molecule has 0 bridgehead atoms. The first kappa shape index (κ1) is 50.1. The molecule has 1 saturated heterocycles. The third-order valence-corrected chi connectivity index (χ3v) is 13.6. The van der Waals surface area contributed by atoms with E-state index in [4.69, 9.17) is 24.3 Å². The zero-order chi connectivity index (χ0) is 44.8. The Morgan fingerprint density at radius 3 is 2.00 bits per heavy atom. The average molecular weight is 893 g/mol. The molecule has 0 spiro atoms. The second-order valence-corrected chi connectivity index (χ2v) is 19.3. The fourth-order valence-corrected chi connectivity index (χ4v) is 9.93. The number of carbonyl (C=O) groups is 1. The van der Waals surface area contributed by atoms with Crippen LogP contribution in [-0.4, -0.2) is 49.8 Å². The number of aromatic nitrogens is 4. The molecule has 0 saturated carbocycles. The fraction of sp³-hybridized carbons (Fsp3) is 0.633. The van der Waals surface area contributed by atoms with Crippen molar-refractivity contribution in [3.05, 3.63) is 78.6 Å². The van der Waals surface area contributed by atoms with E-state index in [2.05, 4.69) is 33.9 Å². The van der Waals surface area contributed by atoms with Crippen LogP contribution in [0.15, 0.2) is 67.0 Å². The van der Waals surface area contributed by atoms with Gasteiger partial charge in [-0.05, 0) is 69.6 Å². The molecule has 0 radical (unpaired) electrons. The Balaban J connectivity index is 1.28. The molecule has 3 N–H and O–H groups in total.